The van der Waals surface area contributed by atoms with Crippen molar-refractivity contribution in [2.45, 2.75) is 19.3 Å². The van der Waals surface area contributed by atoms with Gasteiger partial charge in [0.05, 0.1) is 12.1 Å². The van der Waals surface area contributed by atoms with Crippen LogP contribution in [0.2, 0.25) is 0 Å². The van der Waals surface area contributed by atoms with Crippen LogP contribution in [0, 0.1) is 23.1 Å². The molecule has 8 heteroatoms. The lowest BCUT2D eigenvalue weighted by atomic mass is 9.95. The van der Waals surface area contributed by atoms with Gasteiger partial charge in [-0.1, -0.05) is 0 Å². The highest BCUT2D eigenvalue weighted by molar-refractivity contribution is 5.95. The predicted octanol–water partition coefficient (Wildman–Crippen LogP) is 3.61. The van der Waals surface area contributed by atoms with Crippen LogP contribution in [0.15, 0.2) is 42.6 Å². The summed E-state index contributed by atoms with van der Waals surface area (Å²) in [6.07, 6.45) is -0.189. The van der Waals surface area contributed by atoms with Gasteiger partial charge >= 0.3 is 0 Å². The fraction of sp³-hybridized carbons (Fsp3) is 0.350. The van der Waals surface area contributed by atoms with Gasteiger partial charge in [0.15, 0.2) is 0 Å². The van der Waals surface area contributed by atoms with Crippen molar-refractivity contribution in [2.24, 2.45) is 5.92 Å². The summed E-state index contributed by atoms with van der Waals surface area (Å²) in [6, 6.07) is 10.4. The van der Waals surface area contributed by atoms with E-state index in [9.17, 15) is 18.0 Å². The van der Waals surface area contributed by atoms with Crippen molar-refractivity contribution in [1.82, 2.24) is 4.98 Å². The van der Waals surface area contributed by atoms with Crippen LogP contribution in [0.4, 0.5) is 24.7 Å². The largest absolute Gasteiger partial charge is 0.357 e. The Morgan fingerprint density at radius 1 is 1.21 bits per heavy atom. The highest BCUT2D eigenvalue weighted by Gasteiger charge is 2.31. The molecular weight excluding hydrogens is 369 g/mol. The van der Waals surface area contributed by atoms with Gasteiger partial charge < -0.3 is 9.80 Å². The molecule has 5 nitrogen and oxygen atoms in total. The second kappa shape index (κ2) is 8.74. The molecule has 2 heterocycles. The van der Waals surface area contributed by atoms with Crippen LogP contribution in [0.3, 0.4) is 0 Å². The number of nitriles is 1. The summed E-state index contributed by atoms with van der Waals surface area (Å²) in [5.74, 6) is -0.540. The molecule has 28 heavy (non-hydrogen) atoms. The molecule has 1 saturated heterocycles. The minimum Gasteiger partial charge on any atom is -0.357 e. The molecule has 0 atom stereocenters. The molecule has 1 fully saturated rings. The number of benzene rings is 1. The van der Waals surface area contributed by atoms with E-state index in [1.807, 2.05) is 11.0 Å². The molecule has 0 bridgehead atoms. The Morgan fingerprint density at radius 2 is 1.89 bits per heavy atom. The van der Waals surface area contributed by atoms with E-state index in [2.05, 4.69) is 4.98 Å². The highest BCUT2D eigenvalue weighted by Crippen LogP contribution is 2.26. The Morgan fingerprint density at radius 3 is 2.43 bits per heavy atom. The van der Waals surface area contributed by atoms with Crippen LogP contribution in [0.5, 0.6) is 0 Å². The Balaban J connectivity index is 1.67. The van der Waals surface area contributed by atoms with Crippen molar-refractivity contribution >= 4 is 17.4 Å². The van der Waals surface area contributed by atoms with Crippen LogP contribution in [-0.2, 0) is 4.79 Å². The molecule has 0 radical (unpaired) electrons. The van der Waals surface area contributed by atoms with Crippen molar-refractivity contribution in [3.8, 4) is 6.07 Å². The first kappa shape index (κ1) is 19.7. The monoisotopic (exact) mass is 388 g/mol. The van der Waals surface area contributed by atoms with Crippen molar-refractivity contribution < 1.29 is 18.0 Å². The fourth-order valence-corrected chi connectivity index (χ4v) is 3.30. The molecule has 0 spiro atoms. The van der Waals surface area contributed by atoms with Gasteiger partial charge in [0.2, 0.25) is 5.91 Å². The first-order valence-electron chi connectivity index (χ1n) is 8.94. The second-order valence-electron chi connectivity index (χ2n) is 6.59. The molecule has 0 N–H and O–H groups in total. The van der Waals surface area contributed by atoms with Gasteiger partial charge in [-0.15, -0.1) is 0 Å². The molecule has 0 aliphatic carbocycles. The minimum atomic E-state index is -2.68. The highest BCUT2D eigenvalue weighted by atomic mass is 19.3. The Bertz CT molecular complexity index is 841. The predicted molar refractivity (Wildman–Crippen MR) is 98.6 cm³/mol. The maximum Gasteiger partial charge on any atom is 0.256 e. The lowest BCUT2D eigenvalue weighted by molar-refractivity contribution is -0.123. The zero-order chi connectivity index (χ0) is 20.1. The van der Waals surface area contributed by atoms with Gasteiger partial charge in [-0.05, 0) is 49.2 Å². The SMILES string of the molecule is N#Cc1ccc(N2CCC(C(=O)N(CC(F)F)c3ccc(F)cc3)CC2)nc1. The van der Waals surface area contributed by atoms with Crippen molar-refractivity contribution in [1.29, 1.82) is 5.26 Å². The molecule has 3 rings (SSSR count). The Kier molecular flexibility index (Phi) is 6.14. The average molecular weight is 388 g/mol. The second-order valence-corrected chi connectivity index (χ2v) is 6.59. The number of pyridine rings is 1. The summed E-state index contributed by atoms with van der Waals surface area (Å²) in [5.41, 5.74) is 0.735. The molecule has 1 aromatic heterocycles. The lowest BCUT2D eigenvalue weighted by Gasteiger charge is -2.34. The third kappa shape index (κ3) is 4.60. The Labute approximate surface area is 161 Å². The molecular formula is C20H19F3N4O. The summed E-state index contributed by atoms with van der Waals surface area (Å²) < 4.78 is 39.2. The first-order chi connectivity index (χ1) is 13.5. The number of alkyl halides is 2. The van der Waals surface area contributed by atoms with E-state index in [4.69, 9.17) is 5.26 Å². The molecule has 1 aliphatic rings. The minimum absolute atomic E-state index is 0.267. The van der Waals surface area contributed by atoms with Crippen LogP contribution < -0.4 is 9.80 Å². The zero-order valence-corrected chi connectivity index (χ0v) is 15.1. The van der Waals surface area contributed by atoms with E-state index < -0.39 is 24.7 Å². The number of halogens is 3. The van der Waals surface area contributed by atoms with Crippen LogP contribution in [0.1, 0.15) is 18.4 Å². The van der Waals surface area contributed by atoms with Crippen LogP contribution in [-0.4, -0.2) is 37.0 Å². The molecule has 0 unspecified atom stereocenters. The number of hydrogen-bond donors (Lipinski definition) is 0. The number of carbonyl (C=O) groups is 1. The average Bonchev–Trinajstić information content (AvgIpc) is 2.72. The maximum absolute atomic E-state index is 13.1. The van der Waals surface area contributed by atoms with Gasteiger partial charge in [-0.2, -0.15) is 5.26 Å². The number of carbonyl (C=O) groups excluding carboxylic acids is 1. The summed E-state index contributed by atoms with van der Waals surface area (Å²) in [7, 11) is 0. The van der Waals surface area contributed by atoms with Gasteiger partial charge in [-0.25, -0.2) is 18.2 Å². The summed E-state index contributed by atoms with van der Waals surface area (Å²) in [6.45, 7) is 0.393. The van der Waals surface area contributed by atoms with Crippen LogP contribution >= 0.6 is 0 Å². The number of anilines is 2. The van der Waals surface area contributed by atoms with E-state index in [-0.39, 0.29) is 11.6 Å². The van der Waals surface area contributed by atoms with E-state index >= 15 is 0 Å². The van der Waals surface area contributed by atoms with E-state index in [1.54, 1.807) is 12.1 Å². The summed E-state index contributed by atoms with van der Waals surface area (Å²) >= 11 is 0. The van der Waals surface area contributed by atoms with Crippen molar-refractivity contribution in [3.63, 3.8) is 0 Å². The molecule has 0 saturated carbocycles. The lowest BCUT2D eigenvalue weighted by Crippen LogP contribution is -2.44. The quantitative estimate of drug-likeness (QED) is 0.785. The van der Waals surface area contributed by atoms with Gasteiger partial charge in [-0.3, -0.25) is 4.79 Å². The van der Waals surface area contributed by atoms with Gasteiger partial charge in [0.25, 0.3) is 6.43 Å². The third-order valence-electron chi connectivity index (χ3n) is 4.77. The molecule has 1 aliphatic heterocycles. The fourth-order valence-electron chi connectivity index (χ4n) is 3.30. The van der Waals surface area contributed by atoms with E-state index in [0.29, 0.717) is 37.3 Å². The number of piperidine rings is 1. The number of amides is 1. The topological polar surface area (TPSA) is 60.2 Å². The number of rotatable bonds is 5. The summed E-state index contributed by atoms with van der Waals surface area (Å²) in [5, 5.41) is 8.84. The number of hydrogen-bond acceptors (Lipinski definition) is 4. The number of aromatic nitrogens is 1. The molecule has 146 valence electrons. The van der Waals surface area contributed by atoms with E-state index in [0.717, 1.165) is 17.0 Å². The summed E-state index contributed by atoms with van der Waals surface area (Å²) in [4.78, 5) is 20.2. The van der Waals surface area contributed by atoms with Crippen molar-refractivity contribution in [3.05, 3.63) is 54.0 Å². The Hall–Kier alpha value is -3.08. The maximum atomic E-state index is 13.1. The molecule has 1 amide bonds. The third-order valence-corrected chi connectivity index (χ3v) is 4.77. The van der Waals surface area contributed by atoms with E-state index in [1.165, 1.54) is 18.3 Å². The standard InChI is InChI=1S/C20H19F3N4O/c21-16-2-4-17(5-3-16)27(13-18(22)23)20(28)15-7-9-26(10-8-15)19-6-1-14(11-24)12-25-19/h1-6,12,15,18H,7-10,13H2. The number of nitrogens with zero attached hydrogens (tertiary/aromatic N) is 4. The van der Waals surface area contributed by atoms with Gasteiger partial charge in [0, 0.05) is 30.9 Å². The smallest absolute Gasteiger partial charge is 0.256 e. The normalized spacial score (nSPS) is 14.8. The van der Waals surface area contributed by atoms with Crippen LogP contribution in [0.25, 0.3) is 0 Å². The molecule has 1 aromatic carbocycles. The molecule has 2 aromatic rings. The zero-order valence-electron chi connectivity index (χ0n) is 15.1. The van der Waals surface area contributed by atoms with Gasteiger partial charge in [0.1, 0.15) is 17.7 Å². The first-order valence-corrected chi connectivity index (χ1v) is 8.94. The van der Waals surface area contributed by atoms with Crippen molar-refractivity contribution in [2.75, 3.05) is 29.4 Å².